The average Bonchev–Trinajstić information content (AvgIpc) is 2.75. The van der Waals surface area contributed by atoms with Gasteiger partial charge in [-0.05, 0) is 44.2 Å². The molecule has 1 atom stereocenters. The molecule has 0 aromatic carbocycles. The molecule has 2 rings (SSSR count). The third-order valence-corrected chi connectivity index (χ3v) is 3.14. The second-order valence-corrected chi connectivity index (χ2v) is 4.63. The van der Waals surface area contributed by atoms with Crippen molar-refractivity contribution in [2.24, 2.45) is 0 Å². The molecule has 0 radical (unpaired) electrons. The molecule has 90 valence electrons. The first-order chi connectivity index (χ1) is 8.24. The molecule has 1 aromatic rings. The SMILES string of the molecule is CCCC(C)Oc1nc2c(cc1C#N)CCC2. The maximum atomic E-state index is 9.12. The zero-order valence-electron chi connectivity index (χ0n) is 10.5. The number of nitriles is 1. The molecule has 1 unspecified atom stereocenters. The first kappa shape index (κ1) is 11.9. The summed E-state index contributed by atoms with van der Waals surface area (Å²) in [6, 6.07) is 4.13. The molecule has 0 aliphatic heterocycles. The second kappa shape index (κ2) is 5.18. The highest BCUT2D eigenvalue weighted by atomic mass is 16.5. The van der Waals surface area contributed by atoms with Gasteiger partial charge in [-0.25, -0.2) is 4.98 Å². The Kier molecular flexibility index (Phi) is 3.63. The van der Waals surface area contributed by atoms with Crippen LogP contribution in [-0.4, -0.2) is 11.1 Å². The van der Waals surface area contributed by atoms with Gasteiger partial charge in [-0.15, -0.1) is 0 Å². The monoisotopic (exact) mass is 230 g/mol. The fourth-order valence-electron chi connectivity index (χ4n) is 2.28. The number of hydrogen-bond donors (Lipinski definition) is 0. The number of nitrogens with zero attached hydrogens (tertiary/aromatic N) is 2. The standard InChI is InChI=1S/C14H18N2O/c1-3-5-10(2)17-14-12(9-15)8-11-6-4-7-13(11)16-14/h8,10H,3-7H2,1-2H3. The van der Waals surface area contributed by atoms with Gasteiger partial charge in [0, 0.05) is 5.69 Å². The molecule has 0 N–H and O–H groups in total. The normalized spacial score (nSPS) is 15.1. The van der Waals surface area contributed by atoms with Crippen molar-refractivity contribution in [3.63, 3.8) is 0 Å². The minimum absolute atomic E-state index is 0.124. The zero-order chi connectivity index (χ0) is 12.3. The average molecular weight is 230 g/mol. The van der Waals surface area contributed by atoms with E-state index in [9.17, 15) is 0 Å². The molecule has 1 aliphatic carbocycles. The lowest BCUT2D eigenvalue weighted by molar-refractivity contribution is 0.200. The summed E-state index contributed by atoms with van der Waals surface area (Å²) in [5.41, 5.74) is 2.91. The number of hydrogen-bond acceptors (Lipinski definition) is 3. The minimum Gasteiger partial charge on any atom is -0.474 e. The van der Waals surface area contributed by atoms with Crippen molar-refractivity contribution >= 4 is 0 Å². The molecular weight excluding hydrogens is 212 g/mol. The largest absolute Gasteiger partial charge is 0.474 e. The minimum atomic E-state index is 0.124. The van der Waals surface area contributed by atoms with Crippen molar-refractivity contribution in [1.82, 2.24) is 4.98 Å². The number of pyridine rings is 1. The topological polar surface area (TPSA) is 45.9 Å². The molecule has 0 saturated heterocycles. The van der Waals surface area contributed by atoms with E-state index < -0.39 is 0 Å². The fraction of sp³-hybridized carbons (Fsp3) is 0.571. The van der Waals surface area contributed by atoms with Gasteiger partial charge in [0.25, 0.3) is 0 Å². The van der Waals surface area contributed by atoms with E-state index in [2.05, 4.69) is 18.0 Å². The Morgan fingerprint density at radius 1 is 1.53 bits per heavy atom. The van der Waals surface area contributed by atoms with Crippen LogP contribution in [0.2, 0.25) is 0 Å². The Balaban J connectivity index is 2.24. The highest BCUT2D eigenvalue weighted by Crippen LogP contribution is 2.27. The number of aryl methyl sites for hydroxylation is 2. The zero-order valence-corrected chi connectivity index (χ0v) is 10.5. The lowest BCUT2D eigenvalue weighted by Crippen LogP contribution is -2.13. The lowest BCUT2D eigenvalue weighted by atomic mass is 10.1. The number of rotatable bonds is 4. The van der Waals surface area contributed by atoms with Crippen LogP contribution in [-0.2, 0) is 12.8 Å². The van der Waals surface area contributed by atoms with E-state index in [1.54, 1.807) is 0 Å². The van der Waals surface area contributed by atoms with E-state index in [-0.39, 0.29) is 6.10 Å². The van der Waals surface area contributed by atoms with Crippen LogP contribution in [0.5, 0.6) is 5.88 Å². The maximum Gasteiger partial charge on any atom is 0.232 e. The van der Waals surface area contributed by atoms with Gasteiger partial charge in [0.05, 0.1) is 6.10 Å². The molecule has 1 heterocycles. The second-order valence-electron chi connectivity index (χ2n) is 4.63. The summed E-state index contributed by atoms with van der Waals surface area (Å²) in [6.45, 7) is 4.15. The van der Waals surface area contributed by atoms with E-state index >= 15 is 0 Å². The summed E-state index contributed by atoms with van der Waals surface area (Å²) >= 11 is 0. The van der Waals surface area contributed by atoms with Gasteiger partial charge in [-0.2, -0.15) is 5.26 Å². The third kappa shape index (κ3) is 2.58. The Bertz CT molecular complexity index is 448. The molecule has 3 nitrogen and oxygen atoms in total. The molecule has 0 fully saturated rings. The maximum absolute atomic E-state index is 9.12. The number of aromatic nitrogens is 1. The quantitative estimate of drug-likeness (QED) is 0.798. The van der Waals surface area contributed by atoms with Crippen molar-refractivity contribution in [2.45, 2.75) is 52.1 Å². The molecule has 0 bridgehead atoms. The molecule has 0 saturated carbocycles. The summed E-state index contributed by atoms with van der Waals surface area (Å²) in [4.78, 5) is 4.50. The Morgan fingerprint density at radius 2 is 2.35 bits per heavy atom. The summed E-state index contributed by atoms with van der Waals surface area (Å²) in [7, 11) is 0. The first-order valence-corrected chi connectivity index (χ1v) is 6.34. The molecular formula is C14H18N2O. The molecule has 0 amide bonds. The Morgan fingerprint density at radius 3 is 3.06 bits per heavy atom. The van der Waals surface area contributed by atoms with Crippen molar-refractivity contribution in [3.8, 4) is 11.9 Å². The van der Waals surface area contributed by atoms with Crippen LogP contribution >= 0.6 is 0 Å². The smallest absolute Gasteiger partial charge is 0.232 e. The van der Waals surface area contributed by atoms with Crippen molar-refractivity contribution in [2.75, 3.05) is 0 Å². The molecule has 17 heavy (non-hydrogen) atoms. The van der Waals surface area contributed by atoms with Crippen molar-refractivity contribution in [1.29, 1.82) is 5.26 Å². The van der Waals surface area contributed by atoms with E-state index in [1.807, 2.05) is 13.0 Å². The summed E-state index contributed by atoms with van der Waals surface area (Å²) in [6.07, 6.45) is 5.39. The lowest BCUT2D eigenvalue weighted by Gasteiger charge is -2.14. The van der Waals surface area contributed by atoms with Gasteiger partial charge in [0.15, 0.2) is 0 Å². The fourth-order valence-corrected chi connectivity index (χ4v) is 2.28. The summed E-state index contributed by atoms with van der Waals surface area (Å²) in [5.74, 6) is 0.522. The van der Waals surface area contributed by atoms with Gasteiger partial charge in [-0.1, -0.05) is 13.3 Å². The van der Waals surface area contributed by atoms with E-state index in [1.165, 1.54) is 5.56 Å². The number of ether oxygens (including phenoxy) is 1. The summed E-state index contributed by atoms with van der Waals surface area (Å²) in [5, 5.41) is 9.12. The molecule has 3 heteroatoms. The van der Waals surface area contributed by atoms with Gasteiger partial charge >= 0.3 is 0 Å². The van der Waals surface area contributed by atoms with Gasteiger partial charge < -0.3 is 4.74 Å². The highest BCUT2D eigenvalue weighted by molar-refractivity contribution is 5.44. The Labute approximate surface area is 102 Å². The molecule has 0 spiro atoms. The molecule has 1 aromatic heterocycles. The van der Waals surface area contributed by atoms with Gasteiger partial charge in [0.1, 0.15) is 11.6 Å². The van der Waals surface area contributed by atoms with Crippen LogP contribution in [0.15, 0.2) is 6.07 Å². The van der Waals surface area contributed by atoms with Crippen LogP contribution in [0.1, 0.15) is 49.9 Å². The summed E-state index contributed by atoms with van der Waals surface area (Å²) < 4.78 is 5.77. The van der Waals surface area contributed by atoms with Gasteiger partial charge in [0.2, 0.25) is 5.88 Å². The van der Waals surface area contributed by atoms with E-state index in [0.29, 0.717) is 11.4 Å². The predicted octanol–water partition coefficient (Wildman–Crippen LogP) is 3.01. The van der Waals surface area contributed by atoms with Crippen molar-refractivity contribution in [3.05, 3.63) is 22.9 Å². The molecule has 1 aliphatic rings. The van der Waals surface area contributed by atoms with Crippen LogP contribution in [0.4, 0.5) is 0 Å². The van der Waals surface area contributed by atoms with Gasteiger partial charge in [-0.3, -0.25) is 0 Å². The van der Waals surface area contributed by atoms with Crippen LogP contribution < -0.4 is 4.74 Å². The van der Waals surface area contributed by atoms with Crippen LogP contribution in [0.25, 0.3) is 0 Å². The van der Waals surface area contributed by atoms with Crippen LogP contribution in [0.3, 0.4) is 0 Å². The van der Waals surface area contributed by atoms with Crippen molar-refractivity contribution < 1.29 is 4.74 Å². The van der Waals surface area contributed by atoms with E-state index in [0.717, 1.165) is 37.8 Å². The first-order valence-electron chi connectivity index (χ1n) is 6.34. The predicted molar refractivity (Wildman–Crippen MR) is 66.0 cm³/mol. The number of fused-ring (bicyclic) bond motifs is 1. The Hall–Kier alpha value is -1.56. The highest BCUT2D eigenvalue weighted by Gasteiger charge is 2.18. The van der Waals surface area contributed by atoms with Crippen LogP contribution in [0, 0.1) is 11.3 Å². The van der Waals surface area contributed by atoms with E-state index in [4.69, 9.17) is 10.00 Å². The third-order valence-electron chi connectivity index (χ3n) is 3.14.